The Morgan fingerprint density at radius 2 is 1.77 bits per heavy atom. The molecule has 22 heavy (non-hydrogen) atoms. The SMILES string of the molecule is C=C(C)C[C@H](c1ccc(F)c(F)c1F)N1CCNCC1.Cl.Cl. The van der Waals surface area contributed by atoms with Crippen LogP contribution in [-0.2, 0) is 0 Å². The molecule has 0 bridgehead atoms. The molecule has 0 saturated carbocycles. The smallest absolute Gasteiger partial charge is 0.194 e. The van der Waals surface area contributed by atoms with Crippen molar-refractivity contribution in [3.63, 3.8) is 0 Å². The Kier molecular flexibility index (Phi) is 9.08. The number of rotatable bonds is 4. The summed E-state index contributed by atoms with van der Waals surface area (Å²) in [6.07, 6.45) is 0.530. The summed E-state index contributed by atoms with van der Waals surface area (Å²) in [5.41, 5.74) is 1.09. The Labute approximate surface area is 141 Å². The Balaban J connectivity index is 0.00000220. The molecular formula is C15H21Cl2F3N2. The van der Waals surface area contributed by atoms with Crippen molar-refractivity contribution in [1.29, 1.82) is 0 Å². The highest BCUT2D eigenvalue weighted by molar-refractivity contribution is 5.85. The monoisotopic (exact) mass is 356 g/mol. The molecule has 1 N–H and O–H groups in total. The maximum absolute atomic E-state index is 14.0. The lowest BCUT2D eigenvalue weighted by molar-refractivity contribution is 0.168. The molecule has 1 heterocycles. The van der Waals surface area contributed by atoms with Gasteiger partial charge in [-0.15, -0.1) is 31.4 Å². The van der Waals surface area contributed by atoms with Crippen LogP contribution < -0.4 is 5.32 Å². The van der Waals surface area contributed by atoms with Crippen molar-refractivity contribution in [2.45, 2.75) is 19.4 Å². The first-order valence-corrected chi connectivity index (χ1v) is 6.73. The standard InChI is InChI=1S/C15H19F3N2.2ClH/c1-10(2)9-13(20-7-5-19-6-8-20)11-3-4-12(16)15(18)14(11)17;;/h3-4,13,19H,1,5-9H2,2H3;2*1H/t13-;;/m1../s1. The summed E-state index contributed by atoms with van der Waals surface area (Å²) in [6, 6.07) is 2.02. The van der Waals surface area contributed by atoms with E-state index in [0.717, 1.165) is 37.8 Å². The van der Waals surface area contributed by atoms with Crippen LogP contribution in [0.15, 0.2) is 24.3 Å². The molecule has 7 heteroatoms. The lowest BCUT2D eigenvalue weighted by Gasteiger charge is -2.35. The van der Waals surface area contributed by atoms with Crippen LogP contribution in [0, 0.1) is 17.5 Å². The highest BCUT2D eigenvalue weighted by atomic mass is 35.5. The quantitative estimate of drug-likeness (QED) is 0.650. The Morgan fingerprint density at radius 3 is 2.32 bits per heavy atom. The number of nitrogens with one attached hydrogen (secondary N) is 1. The fraction of sp³-hybridized carbons (Fsp3) is 0.467. The van der Waals surface area contributed by atoms with Crippen molar-refractivity contribution in [3.8, 4) is 0 Å². The van der Waals surface area contributed by atoms with Crippen molar-refractivity contribution >= 4 is 24.8 Å². The zero-order valence-electron chi connectivity index (χ0n) is 12.4. The molecule has 0 aromatic heterocycles. The van der Waals surface area contributed by atoms with Crippen molar-refractivity contribution in [3.05, 3.63) is 47.3 Å². The molecule has 1 aliphatic heterocycles. The maximum atomic E-state index is 14.0. The Bertz CT molecular complexity index is 506. The molecule has 0 spiro atoms. The number of benzene rings is 1. The second kappa shape index (κ2) is 9.40. The van der Waals surface area contributed by atoms with E-state index in [4.69, 9.17) is 0 Å². The summed E-state index contributed by atoms with van der Waals surface area (Å²) >= 11 is 0. The van der Waals surface area contributed by atoms with Gasteiger partial charge < -0.3 is 5.32 Å². The average Bonchev–Trinajstić information content (AvgIpc) is 2.44. The molecule has 2 rings (SSSR count). The van der Waals surface area contributed by atoms with Gasteiger partial charge in [0, 0.05) is 37.8 Å². The Morgan fingerprint density at radius 1 is 1.18 bits per heavy atom. The zero-order chi connectivity index (χ0) is 14.7. The summed E-state index contributed by atoms with van der Waals surface area (Å²) in [4.78, 5) is 2.08. The largest absolute Gasteiger partial charge is 0.314 e. The van der Waals surface area contributed by atoms with Crippen LogP contribution in [-0.4, -0.2) is 31.1 Å². The van der Waals surface area contributed by atoms with Gasteiger partial charge >= 0.3 is 0 Å². The van der Waals surface area contributed by atoms with E-state index in [2.05, 4.69) is 16.8 Å². The third kappa shape index (κ3) is 4.88. The van der Waals surface area contributed by atoms with E-state index in [1.54, 1.807) is 0 Å². The fourth-order valence-electron chi connectivity index (χ4n) is 2.56. The molecule has 1 atom stereocenters. The maximum Gasteiger partial charge on any atom is 0.194 e. The minimum atomic E-state index is -1.40. The van der Waals surface area contributed by atoms with Crippen LogP contribution in [0.3, 0.4) is 0 Å². The molecule has 126 valence electrons. The number of halogens is 5. The van der Waals surface area contributed by atoms with Gasteiger partial charge in [-0.25, -0.2) is 13.2 Å². The van der Waals surface area contributed by atoms with Crippen LogP contribution >= 0.6 is 24.8 Å². The van der Waals surface area contributed by atoms with Crippen LogP contribution in [0.4, 0.5) is 13.2 Å². The fourth-order valence-corrected chi connectivity index (χ4v) is 2.56. The van der Waals surface area contributed by atoms with Crippen molar-refractivity contribution in [2.75, 3.05) is 26.2 Å². The third-order valence-electron chi connectivity index (χ3n) is 3.56. The molecule has 0 unspecified atom stereocenters. The number of hydrogen-bond acceptors (Lipinski definition) is 2. The highest BCUT2D eigenvalue weighted by Gasteiger charge is 2.27. The van der Waals surface area contributed by atoms with Crippen LogP contribution in [0.2, 0.25) is 0 Å². The van der Waals surface area contributed by atoms with Gasteiger partial charge in [0.15, 0.2) is 17.5 Å². The second-order valence-corrected chi connectivity index (χ2v) is 5.23. The van der Waals surface area contributed by atoms with Gasteiger partial charge in [-0.05, 0) is 19.4 Å². The van der Waals surface area contributed by atoms with Gasteiger partial charge in [0.1, 0.15) is 0 Å². The van der Waals surface area contributed by atoms with Crippen molar-refractivity contribution in [1.82, 2.24) is 10.2 Å². The van der Waals surface area contributed by atoms with Gasteiger partial charge in [0.25, 0.3) is 0 Å². The van der Waals surface area contributed by atoms with Gasteiger partial charge in [-0.2, -0.15) is 0 Å². The molecule has 1 aromatic rings. The first-order valence-electron chi connectivity index (χ1n) is 6.73. The molecule has 2 nitrogen and oxygen atoms in total. The van der Waals surface area contributed by atoms with Gasteiger partial charge in [0.05, 0.1) is 0 Å². The molecule has 1 saturated heterocycles. The third-order valence-corrected chi connectivity index (χ3v) is 3.56. The normalized spacial score (nSPS) is 16.4. The summed E-state index contributed by atoms with van der Waals surface area (Å²) in [6.45, 7) is 8.81. The minimum absolute atomic E-state index is 0. The molecule has 1 aliphatic rings. The van der Waals surface area contributed by atoms with E-state index in [1.165, 1.54) is 6.07 Å². The Hall–Kier alpha value is -0.750. The van der Waals surface area contributed by atoms with Gasteiger partial charge in [0.2, 0.25) is 0 Å². The molecular weight excluding hydrogens is 336 g/mol. The molecule has 0 amide bonds. The molecule has 1 aromatic carbocycles. The van der Waals surface area contributed by atoms with Crippen molar-refractivity contribution < 1.29 is 13.2 Å². The number of hydrogen-bond donors (Lipinski definition) is 1. The summed E-state index contributed by atoms with van der Waals surface area (Å²) < 4.78 is 40.6. The summed E-state index contributed by atoms with van der Waals surface area (Å²) in [5, 5.41) is 3.22. The minimum Gasteiger partial charge on any atom is -0.314 e. The zero-order valence-corrected chi connectivity index (χ0v) is 14.0. The number of piperazine rings is 1. The van der Waals surface area contributed by atoms with Gasteiger partial charge in [-0.1, -0.05) is 11.6 Å². The summed E-state index contributed by atoms with van der Waals surface area (Å²) in [5.74, 6) is -3.64. The molecule has 0 aliphatic carbocycles. The first-order chi connectivity index (χ1) is 9.50. The number of nitrogens with zero attached hydrogens (tertiary/aromatic N) is 1. The van der Waals surface area contributed by atoms with Gasteiger partial charge in [-0.3, -0.25) is 4.90 Å². The van der Waals surface area contributed by atoms with E-state index < -0.39 is 17.5 Å². The summed E-state index contributed by atoms with van der Waals surface area (Å²) in [7, 11) is 0. The average molecular weight is 357 g/mol. The van der Waals surface area contributed by atoms with Crippen molar-refractivity contribution in [2.24, 2.45) is 0 Å². The van der Waals surface area contributed by atoms with E-state index in [1.807, 2.05) is 6.92 Å². The predicted octanol–water partition coefficient (Wildman–Crippen LogP) is 3.86. The van der Waals surface area contributed by atoms with E-state index in [0.29, 0.717) is 6.42 Å². The molecule has 0 radical (unpaired) electrons. The van der Waals surface area contributed by atoms with E-state index in [-0.39, 0.29) is 36.4 Å². The lowest BCUT2D eigenvalue weighted by Crippen LogP contribution is -2.45. The van der Waals surface area contributed by atoms with Crippen LogP contribution in [0.5, 0.6) is 0 Å². The van der Waals surface area contributed by atoms with Crippen LogP contribution in [0.1, 0.15) is 24.9 Å². The lowest BCUT2D eigenvalue weighted by atomic mass is 9.97. The topological polar surface area (TPSA) is 15.3 Å². The van der Waals surface area contributed by atoms with E-state index >= 15 is 0 Å². The first kappa shape index (κ1) is 21.2. The second-order valence-electron chi connectivity index (χ2n) is 5.23. The molecule has 1 fully saturated rings. The van der Waals surface area contributed by atoms with Crippen LogP contribution in [0.25, 0.3) is 0 Å². The highest BCUT2D eigenvalue weighted by Crippen LogP contribution is 2.31. The predicted molar refractivity (Wildman–Crippen MR) is 87.4 cm³/mol. The van der Waals surface area contributed by atoms with E-state index in [9.17, 15) is 13.2 Å².